The van der Waals surface area contributed by atoms with Gasteiger partial charge in [0.05, 0.1) is 0 Å². The van der Waals surface area contributed by atoms with Crippen molar-refractivity contribution >= 4 is 5.78 Å². The molecule has 0 spiro atoms. The molecule has 1 unspecified atom stereocenters. The van der Waals surface area contributed by atoms with Crippen LogP contribution in [0.15, 0.2) is 24.3 Å². The summed E-state index contributed by atoms with van der Waals surface area (Å²) in [5.74, 6) is 1.02. The summed E-state index contributed by atoms with van der Waals surface area (Å²) in [4.78, 5) is 12.0. The lowest BCUT2D eigenvalue weighted by atomic mass is 9.81. The molecule has 0 heterocycles. The van der Waals surface area contributed by atoms with E-state index in [1.165, 1.54) is 12.0 Å². The molecule has 0 aliphatic heterocycles. The topological polar surface area (TPSA) is 17.1 Å². The van der Waals surface area contributed by atoms with Gasteiger partial charge in [-0.1, -0.05) is 72.3 Å². The lowest BCUT2D eigenvalue weighted by Gasteiger charge is -2.22. The fourth-order valence-corrected chi connectivity index (χ4v) is 1.67. The number of Topliss-reactive ketones (excluding diaryl/α,β-unsaturated/α-hetero) is 1. The van der Waals surface area contributed by atoms with Crippen molar-refractivity contribution in [3.63, 3.8) is 0 Å². The Labute approximate surface area is 114 Å². The molecule has 18 heavy (non-hydrogen) atoms. The van der Waals surface area contributed by atoms with E-state index in [1.54, 1.807) is 0 Å². The van der Waals surface area contributed by atoms with Crippen LogP contribution in [0, 0.1) is 17.8 Å². The molecule has 0 amide bonds. The van der Waals surface area contributed by atoms with Gasteiger partial charge in [0, 0.05) is 11.8 Å². The van der Waals surface area contributed by atoms with Crippen LogP contribution in [0.3, 0.4) is 0 Å². The molecule has 0 aliphatic rings. The maximum atomic E-state index is 12.0. The van der Waals surface area contributed by atoms with E-state index in [0.29, 0.717) is 11.7 Å². The summed E-state index contributed by atoms with van der Waals surface area (Å²) in [6.07, 6.45) is 5.97. The van der Waals surface area contributed by atoms with Gasteiger partial charge >= 0.3 is 0 Å². The largest absolute Gasteiger partial charge is 0.299 e. The summed E-state index contributed by atoms with van der Waals surface area (Å²) in [5.41, 5.74) is 1.17. The number of carbonyl (C=O) groups is 1. The summed E-state index contributed by atoms with van der Waals surface area (Å²) >= 11 is 0. The van der Waals surface area contributed by atoms with Crippen LogP contribution in [0.5, 0.6) is 0 Å². The first kappa shape index (κ1) is 19.5. The molecule has 0 N–H and O–H groups in total. The summed E-state index contributed by atoms with van der Waals surface area (Å²) in [5, 5.41) is 0. The van der Waals surface area contributed by atoms with E-state index in [0.717, 1.165) is 6.42 Å². The minimum atomic E-state index is 0.125. The van der Waals surface area contributed by atoms with Crippen LogP contribution in [0.4, 0.5) is 0 Å². The molecular formula is C17H32O. The van der Waals surface area contributed by atoms with Gasteiger partial charge in [0.1, 0.15) is 5.78 Å². The van der Waals surface area contributed by atoms with Gasteiger partial charge < -0.3 is 0 Å². The molecule has 0 aromatic rings. The van der Waals surface area contributed by atoms with Crippen LogP contribution in [-0.2, 0) is 4.79 Å². The second kappa shape index (κ2) is 11.3. The number of hydrogen-bond acceptors (Lipinski definition) is 1. The Kier molecular flexibility index (Phi) is 12.2. The SMILES string of the molecule is C=C/C(=C\C)CC(C(=O)C(C)C)C(C)C.CCC. The van der Waals surface area contributed by atoms with Crippen LogP contribution >= 0.6 is 0 Å². The minimum Gasteiger partial charge on any atom is -0.299 e. The Morgan fingerprint density at radius 3 is 1.83 bits per heavy atom. The lowest BCUT2D eigenvalue weighted by molar-refractivity contribution is -0.127. The fourth-order valence-electron chi connectivity index (χ4n) is 1.67. The normalized spacial score (nSPS) is 13.1. The number of carbonyl (C=O) groups excluding carboxylic acids is 1. The summed E-state index contributed by atoms with van der Waals surface area (Å²) in [6.45, 7) is 18.2. The Balaban J connectivity index is 0. The molecule has 0 fully saturated rings. The Hall–Kier alpha value is -0.850. The van der Waals surface area contributed by atoms with Crippen LogP contribution in [0.25, 0.3) is 0 Å². The average Bonchev–Trinajstić information content (AvgIpc) is 2.30. The quantitative estimate of drug-likeness (QED) is 0.577. The van der Waals surface area contributed by atoms with Crippen molar-refractivity contribution in [2.24, 2.45) is 17.8 Å². The van der Waals surface area contributed by atoms with E-state index in [-0.39, 0.29) is 11.8 Å². The second-order valence-electron chi connectivity index (χ2n) is 5.39. The molecule has 0 aliphatic carbocycles. The predicted octanol–water partition coefficient (Wildman–Crippen LogP) is 5.42. The first-order chi connectivity index (χ1) is 8.35. The molecule has 106 valence electrons. The van der Waals surface area contributed by atoms with Crippen LogP contribution in [0.1, 0.15) is 61.3 Å². The van der Waals surface area contributed by atoms with Crippen molar-refractivity contribution in [3.8, 4) is 0 Å². The number of hydrogen-bond donors (Lipinski definition) is 0. The van der Waals surface area contributed by atoms with E-state index < -0.39 is 0 Å². The molecule has 1 nitrogen and oxygen atoms in total. The molecular weight excluding hydrogens is 220 g/mol. The van der Waals surface area contributed by atoms with Crippen molar-refractivity contribution in [1.29, 1.82) is 0 Å². The van der Waals surface area contributed by atoms with Gasteiger partial charge in [-0.15, -0.1) is 0 Å². The Morgan fingerprint density at radius 1 is 1.17 bits per heavy atom. The van der Waals surface area contributed by atoms with Crippen LogP contribution < -0.4 is 0 Å². The lowest BCUT2D eigenvalue weighted by Crippen LogP contribution is -2.24. The van der Waals surface area contributed by atoms with E-state index in [1.807, 2.05) is 32.9 Å². The predicted molar refractivity (Wildman–Crippen MR) is 82.7 cm³/mol. The van der Waals surface area contributed by atoms with Gasteiger partial charge in [-0.25, -0.2) is 0 Å². The van der Waals surface area contributed by atoms with E-state index >= 15 is 0 Å². The highest BCUT2D eigenvalue weighted by Gasteiger charge is 2.24. The smallest absolute Gasteiger partial charge is 0.139 e. The molecule has 0 radical (unpaired) electrons. The molecule has 0 bridgehead atoms. The highest BCUT2D eigenvalue weighted by atomic mass is 16.1. The Bertz CT molecular complexity index is 259. The molecule has 1 atom stereocenters. The zero-order valence-electron chi connectivity index (χ0n) is 13.4. The standard InChI is InChI=1S/C14H24O.C3H8/c1-7-12(8-2)9-13(10(3)4)14(15)11(5)6;1-3-2/h7-8,10-11,13H,1,9H2,2-6H3;3H2,1-2H3/b12-8+;. The highest BCUT2D eigenvalue weighted by molar-refractivity contribution is 5.83. The number of rotatable bonds is 6. The van der Waals surface area contributed by atoms with Crippen LogP contribution in [0.2, 0.25) is 0 Å². The maximum absolute atomic E-state index is 12.0. The van der Waals surface area contributed by atoms with E-state index in [4.69, 9.17) is 0 Å². The molecule has 0 saturated heterocycles. The molecule has 1 heteroatoms. The third-order valence-corrected chi connectivity index (χ3v) is 2.83. The van der Waals surface area contributed by atoms with Crippen molar-refractivity contribution in [3.05, 3.63) is 24.3 Å². The molecule has 0 saturated carbocycles. The zero-order valence-corrected chi connectivity index (χ0v) is 13.4. The highest BCUT2D eigenvalue weighted by Crippen LogP contribution is 2.24. The zero-order chi connectivity index (χ0) is 14.7. The monoisotopic (exact) mass is 252 g/mol. The second-order valence-corrected chi connectivity index (χ2v) is 5.39. The first-order valence-electron chi connectivity index (χ1n) is 7.16. The van der Waals surface area contributed by atoms with Crippen molar-refractivity contribution in [1.82, 2.24) is 0 Å². The van der Waals surface area contributed by atoms with Crippen LogP contribution in [-0.4, -0.2) is 5.78 Å². The van der Waals surface area contributed by atoms with Crippen molar-refractivity contribution in [2.45, 2.75) is 61.3 Å². The number of ketones is 1. The van der Waals surface area contributed by atoms with Gasteiger partial charge in [0.15, 0.2) is 0 Å². The van der Waals surface area contributed by atoms with Crippen molar-refractivity contribution < 1.29 is 4.79 Å². The maximum Gasteiger partial charge on any atom is 0.139 e. The molecule has 0 aromatic carbocycles. The van der Waals surface area contributed by atoms with Crippen molar-refractivity contribution in [2.75, 3.05) is 0 Å². The summed E-state index contributed by atoms with van der Waals surface area (Å²) in [7, 11) is 0. The van der Waals surface area contributed by atoms with Gasteiger partial charge in [-0.3, -0.25) is 4.79 Å². The van der Waals surface area contributed by atoms with E-state index in [9.17, 15) is 4.79 Å². The first-order valence-corrected chi connectivity index (χ1v) is 7.16. The summed E-state index contributed by atoms with van der Waals surface area (Å²) < 4.78 is 0. The minimum absolute atomic E-state index is 0.125. The average molecular weight is 252 g/mol. The fraction of sp³-hybridized carbons (Fsp3) is 0.706. The molecule has 0 rings (SSSR count). The third-order valence-electron chi connectivity index (χ3n) is 2.83. The van der Waals surface area contributed by atoms with E-state index in [2.05, 4.69) is 34.3 Å². The third kappa shape index (κ3) is 8.27. The van der Waals surface area contributed by atoms with Gasteiger partial charge in [-0.05, 0) is 19.3 Å². The Morgan fingerprint density at radius 2 is 1.61 bits per heavy atom. The van der Waals surface area contributed by atoms with Gasteiger partial charge in [-0.2, -0.15) is 0 Å². The summed E-state index contributed by atoms with van der Waals surface area (Å²) in [6, 6.07) is 0. The van der Waals surface area contributed by atoms with Gasteiger partial charge in [0.2, 0.25) is 0 Å². The number of allylic oxidation sites excluding steroid dienone is 3. The molecule has 0 aromatic heterocycles. The van der Waals surface area contributed by atoms with Gasteiger partial charge in [0.25, 0.3) is 0 Å².